The third-order valence-electron chi connectivity index (χ3n) is 3.26. The zero-order chi connectivity index (χ0) is 14.0. The lowest BCUT2D eigenvalue weighted by molar-refractivity contribution is 0.941. The molecule has 19 heavy (non-hydrogen) atoms. The minimum atomic E-state index is -0.346. The van der Waals surface area contributed by atoms with Crippen LogP contribution in [0.15, 0.2) is 30.5 Å². The standard InChI is InChI=1S/C16H17N3/c1-10-6-11(2)16(12(3)7-10)14(8-17)15-5-4-13(18)9-19-15/h4-7,9,14H,18H2,1-3H3. The molecule has 0 aliphatic rings. The Hall–Kier alpha value is -2.34. The third-order valence-corrected chi connectivity index (χ3v) is 3.26. The SMILES string of the molecule is Cc1cc(C)c(C(C#N)c2ccc(N)cn2)c(C)c1. The van der Waals surface area contributed by atoms with E-state index < -0.39 is 0 Å². The summed E-state index contributed by atoms with van der Waals surface area (Å²) in [6, 6.07) is 10.2. The highest BCUT2D eigenvalue weighted by atomic mass is 14.7. The van der Waals surface area contributed by atoms with Crippen molar-refractivity contribution < 1.29 is 0 Å². The summed E-state index contributed by atoms with van der Waals surface area (Å²) >= 11 is 0. The van der Waals surface area contributed by atoms with E-state index in [-0.39, 0.29) is 5.92 Å². The van der Waals surface area contributed by atoms with E-state index in [0.29, 0.717) is 5.69 Å². The Bertz CT molecular complexity index is 613. The first-order valence-electron chi connectivity index (χ1n) is 6.21. The maximum atomic E-state index is 9.50. The van der Waals surface area contributed by atoms with Crippen molar-refractivity contribution in [3.8, 4) is 6.07 Å². The first-order chi connectivity index (χ1) is 9.02. The van der Waals surface area contributed by atoms with Gasteiger partial charge in [-0.25, -0.2) is 0 Å². The zero-order valence-electron chi connectivity index (χ0n) is 11.4. The number of nitriles is 1. The van der Waals surface area contributed by atoms with Crippen LogP contribution in [-0.2, 0) is 0 Å². The van der Waals surface area contributed by atoms with E-state index in [9.17, 15) is 5.26 Å². The molecule has 0 bridgehead atoms. The first kappa shape index (κ1) is 13.1. The molecule has 2 rings (SSSR count). The van der Waals surface area contributed by atoms with Gasteiger partial charge in [0, 0.05) is 0 Å². The molecule has 0 amide bonds. The van der Waals surface area contributed by atoms with E-state index in [4.69, 9.17) is 5.73 Å². The predicted molar refractivity (Wildman–Crippen MR) is 76.8 cm³/mol. The molecule has 0 saturated heterocycles. The lowest BCUT2D eigenvalue weighted by Crippen LogP contribution is -2.06. The lowest BCUT2D eigenvalue weighted by Gasteiger charge is -2.16. The molecule has 1 atom stereocenters. The molecule has 1 unspecified atom stereocenters. The molecule has 3 nitrogen and oxygen atoms in total. The monoisotopic (exact) mass is 251 g/mol. The van der Waals surface area contributed by atoms with E-state index in [2.05, 4.69) is 30.1 Å². The predicted octanol–water partition coefficient (Wildman–Crippen LogP) is 3.24. The molecule has 0 saturated carbocycles. The molecule has 2 N–H and O–H groups in total. The van der Waals surface area contributed by atoms with Crippen LogP contribution in [0.2, 0.25) is 0 Å². The second kappa shape index (κ2) is 5.11. The summed E-state index contributed by atoms with van der Waals surface area (Å²) in [5, 5.41) is 9.50. The van der Waals surface area contributed by atoms with Gasteiger partial charge in [-0.2, -0.15) is 5.26 Å². The van der Waals surface area contributed by atoms with E-state index >= 15 is 0 Å². The van der Waals surface area contributed by atoms with Crippen LogP contribution in [0.5, 0.6) is 0 Å². The number of nitrogens with two attached hydrogens (primary N) is 1. The van der Waals surface area contributed by atoms with Crippen LogP contribution in [-0.4, -0.2) is 4.98 Å². The van der Waals surface area contributed by atoms with Crippen molar-refractivity contribution in [2.24, 2.45) is 0 Å². The molecule has 1 aromatic heterocycles. The van der Waals surface area contributed by atoms with Gasteiger partial charge in [0.05, 0.1) is 23.6 Å². The minimum absolute atomic E-state index is 0.346. The normalized spacial score (nSPS) is 11.9. The number of rotatable bonds is 2. The van der Waals surface area contributed by atoms with E-state index in [1.54, 1.807) is 12.3 Å². The molecule has 96 valence electrons. The van der Waals surface area contributed by atoms with Crippen LogP contribution in [0.4, 0.5) is 5.69 Å². The molecule has 1 aromatic carbocycles. The van der Waals surface area contributed by atoms with Gasteiger partial charge in [-0.15, -0.1) is 0 Å². The first-order valence-corrected chi connectivity index (χ1v) is 6.21. The van der Waals surface area contributed by atoms with Gasteiger partial charge in [-0.05, 0) is 49.6 Å². The van der Waals surface area contributed by atoms with Crippen molar-refractivity contribution in [2.75, 3.05) is 5.73 Å². The minimum Gasteiger partial charge on any atom is -0.397 e. The molecule has 1 heterocycles. The summed E-state index contributed by atoms with van der Waals surface area (Å²) in [5.41, 5.74) is 11.5. The highest BCUT2D eigenvalue weighted by Crippen LogP contribution is 2.29. The topological polar surface area (TPSA) is 62.7 Å². The van der Waals surface area contributed by atoms with Crippen molar-refractivity contribution in [2.45, 2.75) is 26.7 Å². The van der Waals surface area contributed by atoms with Crippen molar-refractivity contribution in [3.63, 3.8) is 0 Å². The van der Waals surface area contributed by atoms with Crippen LogP contribution < -0.4 is 5.73 Å². The Balaban J connectivity index is 2.55. The van der Waals surface area contributed by atoms with Gasteiger partial charge in [-0.1, -0.05) is 17.7 Å². The molecule has 0 aliphatic heterocycles. The van der Waals surface area contributed by atoms with Gasteiger partial charge in [-0.3, -0.25) is 4.98 Å². The summed E-state index contributed by atoms with van der Waals surface area (Å²) in [6.07, 6.45) is 1.60. The number of hydrogen-bond donors (Lipinski definition) is 1. The summed E-state index contributed by atoms with van der Waals surface area (Å²) in [5.74, 6) is -0.346. The molecular weight excluding hydrogens is 234 g/mol. The quantitative estimate of drug-likeness (QED) is 0.891. The molecule has 3 heteroatoms. The Morgan fingerprint density at radius 2 is 1.79 bits per heavy atom. The van der Waals surface area contributed by atoms with Crippen molar-refractivity contribution >= 4 is 5.69 Å². The fraction of sp³-hybridized carbons (Fsp3) is 0.250. The maximum absolute atomic E-state index is 9.50. The number of anilines is 1. The molecule has 2 aromatic rings. The average molecular weight is 251 g/mol. The molecule has 0 radical (unpaired) electrons. The maximum Gasteiger partial charge on any atom is 0.114 e. The van der Waals surface area contributed by atoms with E-state index in [1.807, 2.05) is 19.9 Å². The fourth-order valence-corrected chi connectivity index (χ4v) is 2.51. The Morgan fingerprint density at radius 1 is 1.16 bits per heavy atom. The Kier molecular flexibility index (Phi) is 3.52. The average Bonchev–Trinajstić information content (AvgIpc) is 2.35. The third kappa shape index (κ3) is 2.58. The molecular formula is C16H17N3. The van der Waals surface area contributed by atoms with Crippen LogP contribution >= 0.6 is 0 Å². The van der Waals surface area contributed by atoms with Gasteiger partial charge >= 0.3 is 0 Å². The van der Waals surface area contributed by atoms with Crippen molar-refractivity contribution in [3.05, 3.63) is 58.4 Å². The number of nitrogen functional groups attached to an aromatic ring is 1. The number of benzene rings is 1. The van der Waals surface area contributed by atoms with Gasteiger partial charge in [0.2, 0.25) is 0 Å². The van der Waals surface area contributed by atoms with E-state index in [1.165, 1.54) is 5.56 Å². The highest BCUT2D eigenvalue weighted by Gasteiger charge is 2.19. The van der Waals surface area contributed by atoms with Gasteiger partial charge in [0.25, 0.3) is 0 Å². The van der Waals surface area contributed by atoms with Gasteiger partial charge < -0.3 is 5.73 Å². The summed E-state index contributed by atoms with van der Waals surface area (Å²) < 4.78 is 0. The molecule has 0 fully saturated rings. The second-order valence-corrected chi connectivity index (χ2v) is 4.89. The number of nitrogens with zero attached hydrogens (tertiary/aromatic N) is 2. The van der Waals surface area contributed by atoms with Gasteiger partial charge in [0.1, 0.15) is 5.92 Å². The zero-order valence-corrected chi connectivity index (χ0v) is 11.4. The molecule has 0 spiro atoms. The van der Waals surface area contributed by atoms with Crippen LogP contribution in [0, 0.1) is 32.1 Å². The number of aryl methyl sites for hydroxylation is 3. The van der Waals surface area contributed by atoms with Gasteiger partial charge in [0.15, 0.2) is 0 Å². The summed E-state index contributed by atoms with van der Waals surface area (Å²) in [7, 11) is 0. The Labute approximate surface area is 113 Å². The summed E-state index contributed by atoms with van der Waals surface area (Å²) in [6.45, 7) is 6.14. The van der Waals surface area contributed by atoms with Crippen LogP contribution in [0.25, 0.3) is 0 Å². The number of aromatic nitrogens is 1. The summed E-state index contributed by atoms with van der Waals surface area (Å²) in [4.78, 5) is 4.28. The Morgan fingerprint density at radius 3 is 2.26 bits per heavy atom. The second-order valence-electron chi connectivity index (χ2n) is 4.89. The van der Waals surface area contributed by atoms with Crippen LogP contribution in [0.1, 0.15) is 33.9 Å². The number of pyridine rings is 1. The fourth-order valence-electron chi connectivity index (χ4n) is 2.51. The van der Waals surface area contributed by atoms with Crippen LogP contribution in [0.3, 0.4) is 0 Å². The number of hydrogen-bond acceptors (Lipinski definition) is 3. The van der Waals surface area contributed by atoms with Crippen molar-refractivity contribution in [1.29, 1.82) is 5.26 Å². The lowest BCUT2D eigenvalue weighted by atomic mass is 9.88. The molecule has 0 aliphatic carbocycles. The van der Waals surface area contributed by atoms with E-state index in [0.717, 1.165) is 22.4 Å². The smallest absolute Gasteiger partial charge is 0.114 e. The highest BCUT2D eigenvalue weighted by molar-refractivity contribution is 5.47. The largest absolute Gasteiger partial charge is 0.397 e. The van der Waals surface area contributed by atoms with Crippen molar-refractivity contribution in [1.82, 2.24) is 4.98 Å².